The molecule has 2 aliphatic rings. The van der Waals surface area contributed by atoms with Crippen molar-refractivity contribution in [1.29, 1.82) is 0 Å². The summed E-state index contributed by atoms with van der Waals surface area (Å²) >= 11 is 0. The van der Waals surface area contributed by atoms with Gasteiger partial charge in [0.15, 0.2) is 11.8 Å². The van der Waals surface area contributed by atoms with Crippen molar-refractivity contribution in [3.63, 3.8) is 0 Å². The number of likely N-dealkylation sites (N-methyl/N-ethyl adjacent to an activating group) is 2. The number of nitrogens with zero attached hydrogens (tertiary/aromatic N) is 2. The van der Waals surface area contributed by atoms with Crippen LogP contribution in [0, 0.1) is 11.8 Å². The van der Waals surface area contributed by atoms with Crippen LogP contribution in [0.1, 0.15) is 46.3 Å². The Balaban J connectivity index is 1.30. The zero-order chi connectivity index (χ0) is 26.4. The first-order valence-corrected chi connectivity index (χ1v) is 12.6. The van der Waals surface area contributed by atoms with Gasteiger partial charge in [-0.15, -0.1) is 0 Å². The predicted molar refractivity (Wildman–Crippen MR) is 139 cm³/mol. The van der Waals surface area contributed by atoms with Crippen LogP contribution >= 0.6 is 0 Å². The molecule has 0 aromatic heterocycles. The van der Waals surface area contributed by atoms with Crippen LogP contribution in [0.3, 0.4) is 0 Å². The zero-order valence-electron chi connectivity index (χ0n) is 21.3. The van der Waals surface area contributed by atoms with Crippen molar-refractivity contribution in [1.82, 2.24) is 15.1 Å². The Hall–Kier alpha value is -3.51. The van der Waals surface area contributed by atoms with Gasteiger partial charge in [0, 0.05) is 50.4 Å². The van der Waals surface area contributed by atoms with Crippen LogP contribution < -0.4 is 5.32 Å². The Bertz CT molecular complexity index is 1160. The van der Waals surface area contributed by atoms with Gasteiger partial charge in [0.1, 0.15) is 6.61 Å². The van der Waals surface area contributed by atoms with Gasteiger partial charge in [0.05, 0.1) is 12.2 Å². The fourth-order valence-corrected chi connectivity index (χ4v) is 4.39. The fraction of sp³-hybridized carbons (Fsp3) is 0.414. The molecule has 1 unspecified atom stereocenters. The molecule has 1 aliphatic carbocycles. The van der Waals surface area contributed by atoms with Gasteiger partial charge in [-0.2, -0.15) is 0 Å². The summed E-state index contributed by atoms with van der Waals surface area (Å²) in [6.45, 7) is 2.07. The van der Waals surface area contributed by atoms with Crippen LogP contribution in [-0.4, -0.2) is 84.5 Å². The maximum Gasteiger partial charge on any atom is 0.254 e. The largest absolute Gasteiger partial charge is 0.388 e. The number of amides is 2. The van der Waals surface area contributed by atoms with E-state index in [9.17, 15) is 14.4 Å². The summed E-state index contributed by atoms with van der Waals surface area (Å²) in [6, 6.07) is 13.5. The first-order chi connectivity index (χ1) is 17.9. The molecule has 2 fully saturated rings. The molecule has 1 saturated heterocycles. The number of nitrogens with one attached hydrogen (secondary N) is 1. The standard InChI is InChI=1S/C29H33N3O5/c1-30-28(35)27(26(34)19-33)31(2)29(36)23-14-12-21(13-15-23)7-6-20-8-10-22(11-9-20)16-32-17-25(18-32)37-24-4-3-5-24/h8-15,24-25,27,33H,3-5,16-19H2,1-2H3,(H,30,35). The van der Waals surface area contributed by atoms with E-state index in [1.807, 2.05) is 12.1 Å². The van der Waals surface area contributed by atoms with Gasteiger partial charge in [0.2, 0.25) is 5.91 Å². The second-order valence-corrected chi connectivity index (χ2v) is 9.59. The zero-order valence-corrected chi connectivity index (χ0v) is 21.3. The first kappa shape index (κ1) is 26.6. The molecule has 37 heavy (non-hydrogen) atoms. The first-order valence-electron chi connectivity index (χ1n) is 12.6. The summed E-state index contributed by atoms with van der Waals surface area (Å²) < 4.78 is 6.03. The molecule has 2 N–H and O–H groups in total. The van der Waals surface area contributed by atoms with Crippen molar-refractivity contribution in [3.05, 3.63) is 70.8 Å². The SMILES string of the molecule is CNC(=O)C(C(=O)CO)N(C)C(=O)c1ccc(C#Cc2ccc(CN3CC(OC4CCC4)C3)cc2)cc1. The molecule has 2 aromatic carbocycles. The van der Waals surface area contributed by atoms with E-state index in [2.05, 4.69) is 34.2 Å². The minimum atomic E-state index is -1.40. The van der Waals surface area contributed by atoms with Crippen molar-refractivity contribution in [2.24, 2.45) is 0 Å². The molecule has 0 radical (unpaired) electrons. The van der Waals surface area contributed by atoms with E-state index in [1.54, 1.807) is 24.3 Å². The number of hydrogen-bond donors (Lipinski definition) is 2. The van der Waals surface area contributed by atoms with Crippen molar-refractivity contribution in [2.45, 2.75) is 44.1 Å². The molecule has 0 bridgehead atoms. The number of benzene rings is 2. The van der Waals surface area contributed by atoms with E-state index < -0.39 is 30.2 Å². The summed E-state index contributed by atoms with van der Waals surface area (Å²) in [5.41, 5.74) is 3.18. The molecule has 194 valence electrons. The maximum absolute atomic E-state index is 12.8. The van der Waals surface area contributed by atoms with Crippen LogP contribution in [0.25, 0.3) is 0 Å². The number of hydrogen-bond acceptors (Lipinski definition) is 6. The molecule has 1 heterocycles. The average Bonchev–Trinajstić information content (AvgIpc) is 2.87. The molecule has 2 aromatic rings. The number of aliphatic hydroxyl groups excluding tert-OH is 1. The monoisotopic (exact) mass is 503 g/mol. The highest BCUT2D eigenvalue weighted by Gasteiger charge is 2.33. The minimum Gasteiger partial charge on any atom is -0.388 e. The molecule has 1 saturated carbocycles. The Morgan fingerprint density at radius 3 is 2.14 bits per heavy atom. The summed E-state index contributed by atoms with van der Waals surface area (Å²) in [5, 5.41) is 11.5. The maximum atomic E-state index is 12.8. The van der Waals surface area contributed by atoms with Crippen LogP contribution in [0.5, 0.6) is 0 Å². The summed E-state index contributed by atoms with van der Waals surface area (Å²) in [5.74, 6) is 4.32. The van der Waals surface area contributed by atoms with E-state index in [4.69, 9.17) is 9.84 Å². The number of aliphatic hydroxyl groups is 1. The van der Waals surface area contributed by atoms with E-state index >= 15 is 0 Å². The van der Waals surface area contributed by atoms with E-state index in [-0.39, 0.29) is 0 Å². The lowest BCUT2D eigenvalue weighted by atomic mass is 9.95. The average molecular weight is 504 g/mol. The topological polar surface area (TPSA) is 99.2 Å². The van der Waals surface area contributed by atoms with E-state index in [0.29, 0.717) is 17.8 Å². The summed E-state index contributed by atoms with van der Waals surface area (Å²) in [6.07, 6.45) is 4.61. The third-order valence-corrected chi connectivity index (χ3v) is 6.87. The lowest BCUT2D eigenvalue weighted by Gasteiger charge is -2.42. The van der Waals surface area contributed by atoms with Gasteiger partial charge in [-0.3, -0.25) is 19.3 Å². The third kappa shape index (κ3) is 6.63. The number of Topliss-reactive ketones (excluding diaryl/α,β-unsaturated/α-hetero) is 1. The summed E-state index contributed by atoms with van der Waals surface area (Å²) in [4.78, 5) is 40.3. The quantitative estimate of drug-likeness (QED) is 0.398. The molecular weight excluding hydrogens is 470 g/mol. The fourth-order valence-electron chi connectivity index (χ4n) is 4.39. The molecular formula is C29H33N3O5. The Morgan fingerprint density at radius 1 is 1.03 bits per heavy atom. The molecule has 0 spiro atoms. The van der Waals surface area contributed by atoms with Crippen LogP contribution in [0.4, 0.5) is 0 Å². The number of rotatable bonds is 9. The molecule has 8 heteroatoms. The number of likely N-dealkylation sites (tertiary alicyclic amines) is 1. The molecule has 2 amide bonds. The van der Waals surface area contributed by atoms with E-state index in [0.717, 1.165) is 35.7 Å². The second-order valence-electron chi connectivity index (χ2n) is 9.59. The van der Waals surface area contributed by atoms with Crippen molar-refractivity contribution >= 4 is 17.6 Å². The van der Waals surface area contributed by atoms with Gasteiger partial charge >= 0.3 is 0 Å². The molecule has 4 rings (SSSR count). The third-order valence-electron chi connectivity index (χ3n) is 6.87. The highest BCUT2D eigenvalue weighted by atomic mass is 16.5. The van der Waals surface area contributed by atoms with Crippen molar-refractivity contribution < 1.29 is 24.2 Å². The number of ketones is 1. The van der Waals surface area contributed by atoms with E-state index in [1.165, 1.54) is 38.9 Å². The molecule has 1 atom stereocenters. The Labute approximate surface area is 217 Å². The smallest absolute Gasteiger partial charge is 0.254 e. The van der Waals surface area contributed by atoms with Crippen LogP contribution in [-0.2, 0) is 20.9 Å². The molecule has 8 nitrogen and oxygen atoms in total. The van der Waals surface area contributed by atoms with Gasteiger partial charge in [-0.1, -0.05) is 24.0 Å². The lowest BCUT2D eigenvalue weighted by Crippen LogP contribution is -2.53. The highest BCUT2D eigenvalue weighted by Crippen LogP contribution is 2.26. The Kier molecular flexibility index (Phi) is 8.72. The number of carbonyl (C=O) groups excluding carboxylic acids is 3. The second kappa shape index (κ2) is 12.2. The molecule has 1 aliphatic heterocycles. The number of carbonyl (C=O) groups is 3. The summed E-state index contributed by atoms with van der Waals surface area (Å²) in [7, 11) is 2.73. The Morgan fingerprint density at radius 2 is 1.62 bits per heavy atom. The highest BCUT2D eigenvalue weighted by molar-refractivity contribution is 6.10. The number of ether oxygens (including phenoxy) is 1. The van der Waals surface area contributed by atoms with Crippen LogP contribution in [0.2, 0.25) is 0 Å². The normalized spacial score (nSPS) is 16.5. The van der Waals surface area contributed by atoms with Crippen LogP contribution in [0.15, 0.2) is 48.5 Å². The van der Waals surface area contributed by atoms with Gasteiger partial charge < -0.3 is 20.1 Å². The lowest BCUT2D eigenvalue weighted by molar-refractivity contribution is -0.135. The van der Waals surface area contributed by atoms with Crippen molar-refractivity contribution in [3.8, 4) is 11.8 Å². The predicted octanol–water partition coefficient (Wildman–Crippen LogP) is 1.59. The van der Waals surface area contributed by atoms with Gasteiger partial charge in [-0.05, 0) is 61.2 Å². The van der Waals surface area contributed by atoms with Crippen molar-refractivity contribution in [2.75, 3.05) is 33.8 Å². The van der Waals surface area contributed by atoms with Gasteiger partial charge in [-0.25, -0.2) is 0 Å². The minimum absolute atomic E-state index is 0.309. The van der Waals surface area contributed by atoms with Gasteiger partial charge in [0.25, 0.3) is 5.91 Å².